The quantitative estimate of drug-likeness (QED) is 0.122. The maximum Gasteiger partial charge on any atom is -0.0417 e. The fourth-order valence-electron chi connectivity index (χ4n) is 4.78. The van der Waals surface area contributed by atoms with E-state index >= 15 is 0 Å². The zero-order valence-corrected chi connectivity index (χ0v) is 21.4. The van der Waals surface area contributed by atoms with Crippen molar-refractivity contribution in [1.82, 2.24) is 0 Å². The average molecular weight is 421 g/mol. The highest BCUT2D eigenvalue weighted by Crippen LogP contribution is 2.22. The lowest BCUT2D eigenvalue weighted by molar-refractivity contribution is 0.392. The summed E-state index contributed by atoms with van der Waals surface area (Å²) in [6.07, 6.45) is 37.1. The molecule has 0 aromatic rings. The summed E-state index contributed by atoms with van der Waals surface area (Å²) < 4.78 is 0. The molecule has 0 saturated heterocycles. The van der Waals surface area contributed by atoms with E-state index in [1.807, 2.05) is 0 Å². The van der Waals surface area contributed by atoms with E-state index in [-0.39, 0.29) is 0 Å². The Kier molecular flexibility index (Phi) is 27.0. The summed E-state index contributed by atoms with van der Waals surface area (Å²) in [4.78, 5) is 0. The maximum atomic E-state index is 3.93. The van der Waals surface area contributed by atoms with Gasteiger partial charge in [-0.05, 0) is 5.92 Å². The van der Waals surface area contributed by atoms with Crippen LogP contribution >= 0.6 is 0 Å². The normalized spacial score (nSPS) is 12.5. The number of rotatable bonds is 26. The third-order valence-corrected chi connectivity index (χ3v) is 7.05. The van der Waals surface area contributed by atoms with Crippen LogP contribution in [0.1, 0.15) is 174 Å². The van der Waals surface area contributed by atoms with Crippen LogP contribution in [0.15, 0.2) is 0 Å². The summed E-state index contributed by atoms with van der Waals surface area (Å²) in [6, 6.07) is 0. The van der Waals surface area contributed by atoms with Gasteiger partial charge in [0.25, 0.3) is 0 Å². The van der Waals surface area contributed by atoms with Crippen LogP contribution in [0.2, 0.25) is 0 Å². The van der Waals surface area contributed by atoms with Gasteiger partial charge in [0.15, 0.2) is 0 Å². The number of hydrogen-bond donors (Lipinski definition) is 0. The summed E-state index contributed by atoms with van der Waals surface area (Å²) in [6.45, 7) is 10.3. The Labute approximate surface area is 193 Å². The predicted octanol–water partition coefficient (Wildman–Crippen LogP) is 11.4. The molecule has 0 heteroatoms. The molecule has 30 heavy (non-hydrogen) atoms. The molecule has 0 aromatic carbocycles. The van der Waals surface area contributed by atoms with Gasteiger partial charge in [0, 0.05) is 0 Å². The third-order valence-electron chi connectivity index (χ3n) is 7.05. The van der Waals surface area contributed by atoms with Crippen molar-refractivity contribution in [3.63, 3.8) is 0 Å². The van der Waals surface area contributed by atoms with E-state index in [4.69, 9.17) is 0 Å². The minimum atomic E-state index is 1.01. The van der Waals surface area contributed by atoms with Crippen LogP contribution in [0.4, 0.5) is 0 Å². The van der Waals surface area contributed by atoms with E-state index < -0.39 is 0 Å². The minimum Gasteiger partial charge on any atom is -0.0651 e. The van der Waals surface area contributed by atoms with Crippen molar-refractivity contribution in [2.75, 3.05) is 0 Å². The SMILES string of the molecule is [CH2]CCCCCCCCCCCCCCCCCC(CC)CCCCCCCC[CH2]. The highest BCUT2D eigenvalue weighted by molar-refractivity contribution is 4.59. The summed E-state index contributed by atoms with van der Waals surface area (Å²) in [5, 5.41) is 0. The van der Waals surface area contributed by atoms with Gasteiger partial charge in [0.05, 0.1) is 0 Å². The molecule has 0 aliphatic heterocycles. The molecule has 0 rings (SSSR count). The molecule has 180 valence electrons. The van der Waals surface area contributed by atoms with E-state index in [9.17, 15) is 0 Å². The molecule has 0 heterocycles. The molecular formula is C30H60. The van der Waals surface area contributed by atoms with Crippen LogP contribution in [0, 0.1) is 19.8 Å². The van der Waals surface area contributed by atoms with Crippen molar-refractivity contribution < 1.29 is 0 Å². The van der Waals surface area contributed by atoms with Crippen molar-refractivity contribution in [2.45, 2.75) is 174 Å². The lowest BCUT2D eigenvalue weighted by Crippen LogP contribution is -1.99. The molecule has 2 radical (unpaired) electrons. The molecule has 1 unspecified atom stereocenters. The Morgan fingerprint density at radius 3 is 0.833 bits per heavy atom. The Morgan fingerprint density at radius 1 is 0.367 bits per heavy atom. The van der Waals surface area contributed by atoms with Gasteiger partial charge in [-0.15, -0.1) is 0 Å². The third kappa shape index (κ3) is 24.3. The smallest absolute Gasteiger partial charge is 0.0417 e. The summed E-state index contributed by atoms with van der Waals surface area (Å²) >= 11 is 0. The fourth-order valence-corrected chi connectivity index (χ4v) is 4.78. The van der Waals surface area contributed by atoms with Gasteiger partial charge in [0.1, 0.15) is 0 Å². The molecule has 0 N–H and O–H groups in total. The maximum absolute atomic E-state index is 3.93. The summed E-state index contributed by atoms with van der Waals surface area (Å²) in [5.74, 6) is 1.01. The van der Waals surface area contributed by atoms with Crippen molar-refractivity contribution in [2.24, 2.45) is 5.92 Å². The molecule has 1 atom stereocenters. The van der Waals surface area contributed by atoms with E-state index in [0.29, 0.717) is 0 Å². The Hall–Kier alpha value is 0. The van der Waals surface area contributed by atoms with Gasteiger partial charge in [-0.3, -0.25) is 0 Å². The monoisotopic (exact) mass is 420 g/mol. The van der Waals surface area contributed by atoms with Crippen molar-refractivity contribution >= 4 is 0 Å². The Balaban J connectivity index is 3.22. The predicted molar refractivity (Wildman–Crippen MR) is 140 cm³/mol. The summed E-state index contributed by atoms with van der Waals surface area (Å²) in [7, 11) is 0. The van der Waals surface area contributed by atoms with E-state index in [1.165, 1.54) is 154 Å². The molecule has 0 aliphatic rings. The Bertz CT molecular complexity index is 282. The first-order valence-electron chi connectivity index (χ1n) is 14.4. The van der Waals surface area contributed by atoms with Crippen LogP contribution in [0.5, 0.6) is 0 Å². The van der Waals surface area contributed by atoms with Crippen LogP contribution < -0.4 is 0 Å². The lowest BCUT2D eigenvalue weighted by atomic mass is 9.92. The van der Waals surface area contributed by atoms with Crippen molar-refractivity contribution in [3.8, 4) is 0 Å². The lowest BCUT2D eigenvalue weighted by Gasteiger charge is -2.14. The Morgan fingerprint density at radius 2 is 0.600 bits per heavy atom. The first-order chi connectivity index (χ1) is 14.8. The zero-order chi connectivity index (χ0) is 22.0. The first kappa shape index (κ1) is 30.0. The molecule has 0 saturated carbocycles. The number of unbranched alkanes of at least 4 members (excludes halogenated alkanes) is 21. The zero-order valence-electron chi connectivity index (χ0n) is 21.4. The minimum absolute atomic E-state index is 1.01. The van der Waals surface area contributed by atoms with E-state index in [0.717, 1.165) is 18.8 Å². The highest BCUT2D eigenvalue weighted by atomic mass is 14.1. The fraction of sp³-hybridized carbons (Fsp3) is 0.933. The van der Waals surface area contributed by atoms with Gasteiger partial charge in [0.2, 0.25) is 0 Å². The number of hydrogen-bond acceptors (Lipinski definition) is 0. The van der Waals surface area contributed by atoms with Crippen LogP contribution in [0.3, 0.4) is 0 Å². The van der Waals surface area contributed by atoms with Gasteiger partial charge in [-0.2, -0.15) is 0 Å². The molecule has 0 aliphatic carbocycles. The molecular weight excluding hydrogens is 360 g/mol. The van der Waals surface area contributed by atoms with Crippen LogP contribution in [-0.2, 0) is 0 Å². The second kappa shape index (κ2) is 27.0. The first-order valence-corrected chi connectivity index (χ1v) is 14.4. The average Bonchev–Trinajstić information content (AvgIpc) is 2.76. The molecule has 0 aromatic heterocycles. The van der Waals surface area contributed by atoms with Crippen molar-refractivity contribution in [1.29, 1.82) is 0 Å². The van der Waals surface area contributed by atoms with E-state index in [1.54, 1.807) is 0 Å². The highest BCUT2D eigenvalue weighted by Gasteiger charge is 2.06. The molecule has 0 spiro atoms. The largest absolute Gasteiger partial charge is 0.0651 e. The van der Waals surface area contributed by atoms with Crippen LogP contribution in [0.25, 0.3) is 0 Å². The summed E-state index contributed by atoms with van der Waals surface area (Å²) in [5.41, 5.74) is 0. The molecule has 0 amide bonds. The molecule has 0 nitrogen and oxygen atoms in total. The van der Waals surface area contributed by atoms with E-state index in [2.05, 4.69) is 20.8 Å². The van der Waals surface area contributed by atoms with Gasteiger partial charge >= 0.3 is 0 Å². The van der Waals surface area contributed by atoms with Gasteiger partial charge in [-0.25, -0.2) is 0 Å². The van der Waals surface area contributed by atoms with Crippen LogP contribution in [-0.4, -0.2) is 0 Å². The standard InChI is InChI=1S/C30H60/c1-4-7-9-11-13-14-15-16-17-18-19-20-21-23-25-27-29-30(6-3)28-26-24-22-12-10-8-5-2/h30H,1-2,4-29H2,3H3. The van der Waals surface area contributed by atoms with Gasteiger partial charge < -0.3 is 0 Å². The second-order valence-corrected chi connectivity index (χ2v) is 9.98. The van der Waals surface area contributed by atoms with Gasteiger partial charge in [-0.1, -0.05) is 188 Å². The molecule has 0 fully saturated rings. The second-order valence-electron chi connectivity index (χ2n) is 9.98. The van der Waals surface area contributed by atoms with Crippen molar-refractivity contribution in [3.05, 3.63) is 13.8 Å². The molecule has 0 bridgehead atoms. The topological polar surface area (TPSA) is 0 Å².